The van der Waals surface area contributed by atoms with Gasteiger partial charge in [0.15, 0.2) is 0 Å². The highest BCUT2D eigenvalue weighted by Gasteiger charge is 2.39. The lowest BCUT2D eigenvalue weighted by Crippen LogP contribution is -2.21. The topological polar surface area (TPSA) is 9.23 Å². The van der Waals surface area contributed by atoms with Gasteiger partial charge in [0.1, 0.15) is 11.2 Å². The van der Waals surface area contributed by atoms with Crippen LogP contribution < -0.4 is 0 Å². The van der Waals surface area contributed by atoms with Gasteiger partial charge in [0.05, 0.1) is 6.61 Å². The normalized spacial score (nSPS) is 24.7. The average molecular weight is 198 g/mol. The van der Waals surface area contributed by atoms with E-state index in [1.54, 1.807) is 0 Å². The van der Waals surface area contributed by atoms with Crippen LogP contribution in [0, 0.1) is 19.3 Å². The van der Waals surface area contributed by atoms with Crippen LogP contribution in [-0.4, -0.2) is 6.61 Å². The van der Waals surface area contributed by atoms with Gasteiger partial charge in [-0.25, -0.2) is 0 Å². The molecule has 0 aromatic heterocycles. The fourth-order valence-corrected chi connectivity index (χ4v) is 1.97. The minimum absolute atomic E-state index is 0.409. The van der Waals surface area contributed by atoms with Crippen molar-refractivity contribution >= 4 is 0 Å². The van der Waals surface area contributed by atoms with Crippen LogP contribution >= 0.6 is 0 Å². The lowest BCUT2D eigenvalue weighted by molar-refractivity contribution is 0.261. The van der Waals surface area contributed by atoms with E-state index in [1.165, 1.54) is 5.56 Å². The molecular formula is C14H14O. The summed E-state index contributed by atoms with van der Waals surface area (Å²) in [4.78, 5) is 0. The molecule has 1 unspecified atom stereocenters. The summed E-state index contributed by atoms with van der Waals surface area (Å²) in [6, 6.07) is 8.27. The maximum absolute atomic E-state index is 5.64. The highest BCUT2D eigenvalue weighted by Crippen LogP contribution is 2.39. The predicted molar refractivity (Wildman–Crippen MR) is 61.4 cm³/mol. The number of terminal acetylenes is 1. The molecule has 0 N–H and O–H groups in total. The Hall–Kier alpha value is -1.68. The summed E-state index contributed by atoms with van der Waals surface area (Å²) < 4.78 is 5.41. The second-order valence-corrected chi connectivity index (χ2v) is 3.94. The van der Waals surface area contributed by atoms with Gasteiger partial charge < -0.3 is 4.74 Å². The molecule has 76 valence electrons. The quantitative estimate of drug-likeness (QED) is 0.630. The van der Waals surface area contributed by atoms with Gasteiger partial charge in [0.25, 0.3) is 0 Å². The van der Waals surface area contributed by atoms with Gasteiger partial charge in [-0.05, 0) is 12.5 Å². The second-order valence-electron chi connectivity index (χ2n) is 3.94. The molecule has 0 saturated carbocycles. The van der Waals surface area contributed by atoms with Crippen molar-refractivity contribution in [3.05, 3.63) is 47.7 Å². The van der Waals surface area contributed by atoms with Crippen molar-refractivity contribution in [3.63, 3.8) is 0 Å². The van der Waals surface area contributed by atoms with Crippen LogP contribution in [0.2, 0.25) is 0 Å². The van der Waals surface area contributed by atoms with Crippen molar-refractivity contribution in [2.75, 3.05) is 6.61 Å². The molecular weight excluding hydrogens is 184 g/mol. The maximum Gasteiger partial charge on any atom is 0.116 e. The first-order chi connectivity index (χ1) is 7.19. The molecule has 1 atom stereocenters. The van der Waals surface area contributed by atoms with Crippen LogP contribution in [0.5, 0.6) is 0 Å². The van der Waals surface area contributed by atoms with Gasteiger partial charge in [-0.15, -0.1) is 6.42 Å². The molecule has 0 bridgehead atoms. The van der Waals surface area contributed by atoms with E-state index in [0.29, 0.717) is 12.4 Å². The zero-order valence-electron chi connectivity index (χ0n) is 8.92. The standard InChI is InChI=1S/C14H14O/c1-4-14(9-10-15-12(14)3)13-7-5-11(2)6-8-13/h1,5-8H,3,9-10H2,2H3. The molecule has 15 heavy (non-hydrogen) atoms. The molecule has 2 rings (SSSR count). The zero-order valence-corrected chi connectivity index (χ0v) is 8.92. The molecule has 1 nitrogen and oxygen atoms in total. The fraction of sp³-hybridized carbons (Fsp3) is 0.286. The lowest BCUT2D eigenvalue weighted by atomic mass is 9.78. The van der Waals surface area contributed by atoms with Gasteiger partial charge in [-0.1, -0.05) is 42.3 Å². The van der Waals surface area contributed by atoms with Gasteiger partial charge >= 0.3 is 0 Å². The van der Waals surface area contributed by atoms with Crippen LogP contribution in [0.3, 0.4) is 0 Å². The van der Waals surface area contributed by atoms with E-state index in [2.05, 4.69) is 43.7 Å². The Labute approximate surface area is 90.8 Å². The number of ether oxygens (including phenoxy) is 1. The molecule has 1 fully saturated rings. The van der Waals surface area contributed by atoms with Crippen LogP contribution in [-0.2, 0) is 10.2 Å². The molecule has 0 spiro atoms. The lowest BCUT2D eigenvalue weighted by Gasteiger charge is -2.22. The Morgan fingerprint density at radius 1 is 1.40 bits per heavy atom. The van der Waals surface area contributed by atoms with Crippen molar-refractivity contribution in [1.29, 1.82) is 0 Å². The summed E-state index contributed by atoms with van der Waals surface area (Å²) >= 11 is 0. The molecule has 1 aliphatic rings. The van der Waals surface area contributed by atoms with E-state index in [-0.39, 0.29) is 0 Å². The number of allylic oxidation sites excluding steroid dienone is 1. The molecule has 1 aromatic carbocycles. The Bertz CT molecular complexity index is 422. The van der Waals surface area contributed by atoms with Gasteiger partial charge in [-0.3, -0.25) is 0 Å². The number of hydrogen-bond donors (Lipinski definition) is 0. The maximum atomic E-state index is 5.64. The predicted octanol–water partition coefficient (Wildman–Crippen LogP) is 2.80. The third kappa shape index (κ3) is 1.43. The number of rotatable bonds is 1. The van der Waals surface area contributed by atoms with Crippen LogP contribution in [0.15, 0.2) is 36.6 Å². The zero-order chi connectivity index (χ0) is 10.9. The third-order valence-electron chi connectivity index (χ3n) is 3.02. The molecule has 0 radical (unpaired) electrons. The molecule has 1 heterocycles. The average Bonchev–Trinajstić information content (AvgIpc) is 2.62. The van der Waals surface area contributed by atoms with E-state index < -0.39 is 5.41 Å². The van der Waals surface area contributed by atoms with E-state index in [9.17, 15) is 0 Å². The summed E-state index contributed by atoms with van der Waals surface area (Å²) in [5.41, 5.74) is 1.93. The Morgan fingerprint density at radius 3 is 2.53 bits per heavy atom. The van der Waals surface area contributed by atoms with Crippen molar-refractivity contribution < 1.29 is 4.74 Å². The van der Waals surface area contributed by atoms with Gasteiger partial charge in [-0.2, -0.15) is 0 Å². The summed E-state index contributed by atoms with van der Waals surface area (Å²) in [6.45, 7) is 6.64. The van der Waals surface area contributed by atoms with Crippen molar-refractivity contribution in [2.45, 2.75) is 18.8 Å². The Kier molecular flexibility index (Phi) is 2.28. The largest absolute Gasteiger partial charge is 0.496 e. The minimum atomic E-state index is -0.409. The highest BCUT2D eigenvalue weighted by atomic mass is 16.5. The van der Waals surface area contributed by atoms with E-state index >= 15 is 0 Å². The van der Waals surface area contributed by atoms with E-state index in [1.807, 2.05) is 0 Å². The Morgan fingerprint density at radius 2 is 2.07 bits per heavy atom. The fourth-order valence-electron chi connectivity index (χ4n) is 1.97. The summed E-state index contributed by atoms with van der Waals surface area (Å²) in [7, 11) is 0. The Balaban J connectivity index is 2.48. The highest BCUT2D eigenvalue weighted by molar-refractivity contribution is 5.44. The first kappa shape index (κ1) is 9.86. The molecule has 1 heteroatoms. The molecule has 0 aliphatic carbocycles. The summed E-state index contributed by atoms with van der Waals surface area (Å²) in [5, 5.41) is 0. The monoisotopic (exact) mass is 198 g/mol. The van der Waals surface area contributed by atoms with Crippen molar-refractivity contribution in [3.8, 4) is 12.3 Å². The van der Waals surface area contributed by atoms with Crippen LogP contribution in [0.1, 0.15) is 17.5 Å². The number of hydrogen-bond acceptors (Lipinski definition) is 1. The van der Waals surface area contributed by atoms with Crippen LogP contribution in [0.25, 0.3) is 0 Å². The SMILES string of the molecule is C#CC1(c2ccc(C)cc2)CCOC1=C. The molecule has 1 saturated heterocycles. The molecule has 0 amide bonds. The summed E-state index contributed by atoms with van der Waals surface area (Å²) in [6.07, 6.45) is 6.46. The van der Waals surface area contributed by atoms with Crippen LogP contribution in [0.4, 0.5) is 0 Å². The number of aryl methyl sites for hydroxylation is 1. The van der Waals surface area contributed by atoms with Gasteiger partial charge in [0.2, 0.25) is 0 Å². The smallest absolute Gasteiger partial charge is 0.116 e. The third-order valence-corrected chi connectivity index (χ3v) is 3.02. The first-order valence-corrected chi connectivity index (χ1v) is 5.06. The van der Waals surface area contributed by atoms with Crippen molar-refractivity contribution in [2.24, 2.45) is 0 Å². The first-order valence-electron chi connectivity index (χ1n) is 5.06. The molecule has 1 aliphatic heterocycles. The van der Waals surface area contributed by atoms with E-state index in [0.717, 1.165) is 12.0 Å². The summed E-state index contributed by atoms with van der Waals surface area (Å²) in [5.74, 6) is 3.54. The minimum Gasteiger partial charge on any atom is -0.496 e. The second kappa shape index (κ2) is 3.47. The number of benzene rings is 1. The molecule has 1 aromatic rings. The van der Waals surface area contributed by atoms with Crippen molar-refractivity contribution in [1.82, 2.24) is 0 Å². The van der Waals surface area contributed by atoms with E-state index in [4.69, 9.17) is 11.2 Å². The van der Waals surface area contributed by atoms with Gasteiger partial charge in [0, 0.05) is 6.42 Å².